The highest BCUT2D eigenvalue weighted by molar-refractivity contribution is 6.32. The van der Waals surface area contributed by atoms with Crippen LogP contribution in [0.4, 0.5) is 0 Å². The van der Waals surface area contributed by atoms with Crippen molar-refractivity contribution in [3.05, 3.63) is 11.1 Å². The number of rotatable bonds is 0. The van der Waals surface area contributed by atoms with Gasteiger partial charge >= 0.3 is 0 Å². The largest absolute Gasteiger partial charge is 0.115 e. The Morgan fingerprint density at radius 1 is 1.57 bits per heavy atom. The summed E-state index contributed by atoms with van der Waals surface area (Å²) in [5.74, 6) is 4.33. The molecule has 0 N–H and O–H groups in total. The van der Waals surface area contributed by atoms with E-state index in [1.807, 2.05) is 0 Å². The monoisotopic (exact) mass is 110 g/mol. The van der Waals surface area contributed by atoms with Crippen molar-refractivity contribution in [1.29, 1.82) is 0 Å². The van der Waals surface area contributed by atoms with Gasteiger partial charge in [-0.15, -0.1) is 12.8 Å². The van der Waals surface area contributed by atoms with E-state index in [4.69, 9.17) is 24.4 Å². The SMILES string of the molecule is C#C/C=C(\Cl)C#C. The van der Waals surface area contributed by atoms with Gasteiger partial charge in [0.2, 0.25) is 0 Å². The van der Waals surface area contributed by atoms with Gasteiger partial charge in [0.05, 0.1) is 5.03 Å². The maximum Gasteiger partial charge on any atom is 0.0984 e. The predicted octanol–water partition coefficient (Wildman–Crippen LogP) is 1.38. The zero-order valence-corrected chi connectivity index (χ0v) is 4.37. The third-order valence-corrected chi connectivity index (χ3v) is 0.566. The van der Waals surface area contributed by atoms with E-state index in [-0.39, 0.29) is 5.03 Å². The summed E-state index contributed by atoms with van der Waals surface area (Å²) in [5.41, 5.74) is 0. The van der Waals surface area contributed by atoms with E-state index < -0.39 is 0 Å². The molecule has 0 aliphatic carbocycles. The van der Waals surface area contributed by atoms with Crippen molar-refractivity contribution >= 4 is 11.6 Å². The molecule has 7 heavy (non-hydrogen) atoms. The lowest BCUT2D eigenvalue weighted by Gasteiger charge is -1.70. The fraction of sp³-hybridized carbons (Fsp3) is 0. The van der Waals surface area contributed by atoms with Crippen LogP contribution in [0.3, 0.4) is 0 Å². The molecule has 0 fully saturated rings. The average molecular weight is 111 g/mol. The summed E-state index contributed by atoms with van der Waals surface area (Å²) in [7, 11) is 0. The summed E-state index contributed by atoms with van der Waals surface area (Å²) in [6, 6.07) is 0. The van der Waals surface area contributed by atoms with Crippen LogP contribution in [-0.2, 0) is 0 Å². The van der Waals surface area contributed by atoms with Crippen molar-refractivity contribution in [3.8, 4) is 24.7 Å². The maximum atomic E-state index is 5.25. The smallest absolute Gasteiger partial charge is 0.0984 e. The average Bonchev–Trinajstić information content (AvgIpc) is 1.68. The number of hydrogen-bond acceptors (Lipinski definition) is 0. The molecule has 0 spiro atoms. The third-order valence-electron chi connectivity index (χ3n) is 0.348. The van der Waals surface area contributed by atoms with Gasteiger partial charge in [-0.2, -0.15) is 0 Å². The summed E-state index contributed by atoms with van der Waals surface area (Å²) >= 11 is 5.25. The van der Waals surface area contributed by atoms with Crippen molar-refractivity contribution in [2.45, 2.75) is 0 Å². The Hall–Kier alpha value is -0.850. The van der Waals surface area contributed by atoms with Crippen LogP contribution in [0.1, 0.15) is 0 Å². The second kappa shape index (κ2) is 3.34. The summed E-state index contributed by atoms with van der Waals surface area (Å²) < 4.78 is 0. The highest BCUT2D eigenvalue weighted by Crippen LogP contribution is 1.94. The molecular weight excluding hydrogens is 108 g/mol. The summed E-state index contributed by atoms with van der Waals surface area (Å²) in [5, 5.41) is 0.266. The summed E-state index contributed by atoms with van der Waals surface area (Å²) in [6.45, 7) is 0. The molecule has 0 atom stereocenters. The molecule has 0 heterocycles. The van der Waals surface area contributed by atoms with E-state index in [1.54, 1.807) is 0 Å². The van der Waals surface area contributed by atoms with Gasteiger partial charge < -0.3 is 0 Å². The van der Waals surface area contributed by atoms with Crippen LogP contribution >= 0.6 is 11.6 Å². The van der Waals surface area contributed by atoms with Crippen LogP contribution in [0, 0.1) is 24.7 Å². The lowest BCUT2D eigenvalue weighted by Crippen LogP contribution is -1.55. The molecule has 0 aliphatic rings. The molecule has 34 valence electrons. The fourth-order valence-corrected chi connectivity index (χ4v) is 0.178. The van der Waals surface area contributed by atoms with Crippen molar-refractivity contribution in [1.82, 2.24) is 0 Å². The van der Waals surface area contributed by atoms with Crippen LogP contribution in [0.15, 0.2) is 11.1 Å². The van der Waals surface area contributed by atoms with Crippen LogP contribution in [0.5, 0.6) is 0 Å². The third kappa shape index (κ3) is 2.97. The molecule has 0 saturated heterocycles. The van der Waals surface area contributed by atoms with Crippen molar-refractivity contribution in [2.24, 2.45) is 0 Å². The minimum atomic E-state index is 0.266. The van der Waals surface area contributed by atoms with E-state index in [2.05, 4.69) is 11.8 Å². The number of halogens is 1. The lowest BCUT2D eigenvalue weighted by molar-refractivity contribution is 2.06. The first-order valence-corrected chi connectivity index (χ1v) is 1.97. The first-order chi connectivity index (χ1) is 3.31. The van der Waals surface area contributed by atoms with Crippen molar-refractivity contribution < 1.29 is 0 Å². The normalized spacial score (nSPS) is 9.29. The van der Waals surface area contributed by atoms with Gasteiger partial charge in [-0.25, -0.2) is 0 Å². The lowest BCUT2D eigenvalue weighted by atomic mass is 10.5. The summed E-state index contributed by atoms with van der Waals surface area (Å²) in [4.78, 5) is 0. The molecule has 0 aromatic carbocycles. The molecule has 0 bridgehead atoms. The fourth-order valence-electron chi connectivity index (χ4n) is 0.115. The second-order valence-electron chi connectivity index (χ2n) is 0.803. The second-order valence-corrected chi connectivity index (χ2v) is 1.21. The quantitative estimate of drug-likeness (QED) is 0.413. The summed E-state index contributed by atoms with van der Waals surface area (Å²) in [6.07, 6.45) is 10.9. The zero-order chi connectivity index (χ0) is 5.70. The molecule has 0 radical (unpaired) electrons. The Kier molecular flexibility index (Phi) is 2.94. The zero-order valence-electron chi connectivity index (χ0n) is 3.61. The molecule has 0 saturated carbocycles. The Morgan fingerprint density at radius 3 is 2.29 bits per heavy atom. The number of terminal acetylenes is 2. The van der Waals surface area contributed by atoms with Gasteiger partial charge in [0.15, 0.2) is 0 Å². The first-order valence-electron chi connectivity index (χ1n) is 1.59. The molecule has 0 aromatic rings. The topological polar surface area (TPSA) is 0 Å². The van der Waals surface area contributed by atoms with Gasteiger partial charge in [0.1, 0.15) is 0 Å². The van der Waals surface area contributed by atoms with Gasteiger partial charge in [-0.1, -0.05) is 23.4 Å². The minimum absolute atomic E-state index is 0.266. The van der Waals surface area contributed by atoms with Gasteiger partial charge in [-0.05, 0) is 0 Å². The van der Waals surface area contributed by atoms with Gasteiger partial charge in [0, 0.05) is 6.08 Å². The predicted molar refractivity (Wildman–Crippen MR) is 31.6 cm³/mol. The van der Waals surface area contributed by atoms with Crippen LogP contribution in [-0.4, -0.2) is 0 Å². The van der Waals surface area contributed by atoms with E-state index in [1.165, 1.54) is 6.08 Å². The first kappa shape index (κ1) is 6.15. The van der Waals surface area contributed by atoms with Crippen LogP contribution in [0.2, 0.25) is 0 Å². The van der Waals surface area contributed by atoms with Gasteiger partial charge in [-0.3, -0.25) is 0 Å². The van der Waals surface area contributed by atoms with Crippen molar-refractivity contribution in [3.63, 3.8) is 0 Å². The Bertz CT molecular complexity index is 152. The van der Waals surface area contributed by atoms with E-state index >= 15 is 0 Å². The standard InChI is InChI=1S/C6H3Cl/c1-3-5-6(7)4-2/h1-2,5H/b6-5-. The van der Waals surface area contributed by atoms with E-state index in [0.717, 1.165) is 0 Å². The van der Waals surface area contributed by atoms with Gasteiger partial charge in [0.25, 0.3) is 0 Å². The molecule has 0 unspecified atom stereocenters. The molecule has 0 aromatic heterocycles. The maximum absolute atomic E-state index is 5.25. The highest BCUT2D eigenvalue weighted by atomic mass is 35.5. The molecule has 0 aliphatic heterocycles. The molecule has 1 heteroatoms. The van der Waals surface area contributed by atoms with Crippen LogP contribution in [0.25, 0.3) is 0 Å². The molecule has 0 amide bonds. The Morgan fingerprint density at radius 2 is 2.14 bits per heavy atom. The molecule has 0 nitrogen and oxygen atoms in total. The molecular formula is C6H3Cl. The number of allylic oxidation sites excluding steroid dienone is 2. The Balaban J connectivity index is 3.89. The van der Waals surface area contributed by atoms with E-state index in [9.17, 15) is 0 Å². The van der Waals surface area contributed by atoms with E-state index in [0.29, 0.717) is 0 Å². The minimum Gasteiger partial charge on any atom is -0.115 e. The highest BCUT2D eigenvalue weighted by Gasteiger charge is 1.73. The van der Waals surface area contributed by atoms with Crippen LogP contribution < -0.4 is 0 Å². The Labute approximate surface area is 48.2 Å². The number of hydrogen-bond donors (Lipinski definition) is 0. The molecule has 0 rings (SSSR count). The van der Waals surface area contributed by atoms with Crippen molar-refractivity contribution in [2.75, 3.05) is 0 Å².